The fraction of sp³-hybridized carbons (Fsp3) is 0.750. The van der Waals surface area contributed by atoms with E-state index < -0.39 is 11.5 Å². The van der Waals surface area contributed by atoms with Crippen molar-refractivity contribution in [3.05, 3.63) is 0 Å². The molecule has 0 aromatic rings. The number of nitrogens with zero attached hydrogens (tertiary/aromatic N) is 2. The fourth-order valence-electron chi connectivity index (χ4n) is 2.06. The van der Waals surface area contributed by atoms with Crippen LogP contribution in [0, 0.1) is 17.2 Å². The molecule has 1 rings (SSSR count). The van der Waals surface area contributed by atoms with Crippen molar-refractivity contribution < 1.29 is 9.53 Å². The summed E-state index contributed by atoms with van der Waals surface area (Å²) in [6, 6.07) is 2.26. The lowest BCUT2D eigenvalue weighted by Gasteiger charge is -2.33. The fourth-order valence-corrected chi connectivity index (χ4v) is 2.06. The second-order valence-electron chi connectivity index (χ2n) is 4.19. The van der Waals surface area contributed by atoms with Crippen molar-refractivity contribution in [3.8, 4) is 6.07 Å². The van der Waals surface area contributed by atoms with Crippen LogP contribution >= 0.6 is 0 Å². The molecule has 2 atom stereocenters. The summed E-state index contributed by atoms with van der Waals surface area (Å²) in [4.78, 5) is 15.3. The highest BCUT2D eigenvalue weighted by Gasteiger charge is 2.37. The Morgan fingerprint density at radius 1 is 1.69 bits per heavy atom. The number of hydrogen-bond acceptors (Lipinski definition) is 4. The second-order valence-corrected chi connectivity index (χ2v) is 4.19. The predicted octanol–water partition coefficient (Wildman–Crippen LogP) is 2.09. The molecule has 4 nitrogen and oxygen atoms in total. The number of aliphatic imine (C=N–C) groups is 1. The van der Waals surface area contributed by atoms with E-state index in [1.54, 1.807) is 6.92 Å². The Kier molecular flexibility index (Phi) is 4.48. The highest BCUT2D eigenvalue weighted by atomic mass is 16.5. The van der Waals surface area contributed by atoms with Crippen LogP contribution in [0.3, 0.4) is 0 Å². The van der Waals surface area contributed by atoms with Crippen molar-refractivity contribution in [1.82, 2.24) is 0 Å². The summed E-state index contributed by atoms with van der Waals surface area (Å²) in [6.07, 6.45) is 5.03. The summed E-state index contributed by atoms with van der Waals surface area (Å²) in [5, 5.41) is 9.24. The normalized spacial score (nSPS) is 29.9. The van der Waals surface area contributed by atoms with E-state index in [0.29, 0.717) is 6.61 Å². The molecular formula is C12H18N2O2. The molecule has 0 N–H and O–H groups in total. The predicted molar refractivity (Wildman–Crippen MR) is 61.1 cm³/mol. The number of ether oxygens (including phenoxy) is 1. The maximum absolute atomic E-state index is 11.2. The van der Waals surface area contributed by atoms with Gasteiger partial charge >= 0.3 is 5.97 Å². The first-order valence-corrected chi connectivity index (χ1v) is 5.78. The zero-order valence-corrected chi connectivity index (χ0v) is 9.90. The summed E-state index contributed by atoms with van der Waals surface area (Å²) in [6.45, 7) is 4.10. The van der Waals surface area contributed by atoms with E-state index in [-0.39, 0.29) is 5.92 Å². The first-order valence-electron chi connectivity index (χ1n) is 5.78. The molecule has 2 unspecified atom stereocenters. The van der Waals surface area contributed by atoms with Gasteiger partial charge in [-0.1, -0.05) is 13.3 Å². The van der Waals surface area contributed by atoms with Crippen LogP contribution in [0.4, 0.5) is 0 Å². The van der Waals surface area contributed by atoms with Gasteiger partial charge in [0.1, 0.15) is 11.8 Å². The minimum atomic E-state index is -0.717. The largest absolute Gasteiger partial charge is 0.462 e. The molecule has 0 heterocycles. The maximum atomic E-state index is 11.2. The van der Waals surface area contributed by atoms with Crippen LogP contribution in [0.5, 0.6) is 0 Å². The Labute approximate surface area is 96.3 Å². The molecule has 4 heteroatoms. The number of carbonyl (C=O) groups is 1. The molecule has 88 valence electrons. The molecule has 0 aromatic heterocycles. The molecule has 0 aliphatic heterocycles. The lowest BCUT2D eigenvalue weighted by molar-refractivity contribution is -0.134. The summed E-state index contributed by atoms with van der Waals surface area (Å²) >= 11 is 0. The van der Waals surface area contributed by atoms with Gasteiger partial charge in [0.05, 0.1) is 12.7 Å². The monoisotopic (exact) mass is 222 g/mol. The van der Waals surface area contributed by atoms with Crippen LogP contribution < -0.4 is 0 Å². The maximum Gasteiger partial charge on any atom is 0.348 e. The zero-order chi connectivity index (χ0) is 12.0. The quantitative estimate of drug-likeness (QED) is 0.542. The smallest absolute Gasteiger partial charge is 0.348 e. The van der Waals surface area contributed by atoms with E-state index in [0.717, 1.165) is 31.9 Å². The van der Waals surface area contributed by atoms with Crippen LogP contribution in [-0.4, -0.2) is 24.3 Å². The third-order valence-corrected chi connectivity index (χ3v) is 3.14. The van der Waals surface area contributed by atoms with Crippen LogP contribution in [0.15, 0.2) is 4.99 Å². The number of hydrogen-bond donors (Lipinski definition) is 0. The molecule has 0 aromatic carbocycles. The number of carbonyl (C=O) groups excluding carboxylic acids is 1. The Morgan fingerprint density at radius 2 is 2.44 bits per heavy atom. The van der Waals surface area contributed by atoms with Gasteiger partial charge in [-0.15, -0.1) is 0 Å². The van der Waals surface area contributed by atoms with Crippen molar-refractivity contribution >= 4 is 12.2 Å². The van der Waals surface area contributed by atoms with Gasteiger partial charge in [0, 0.05) is 0 Å². The van der Waals surface area contributed by atoms with Gasteiger partial charge in [-0.2, -0.15) is 5.26 Å². The van der Waals surface area contributed by atoms with Crippen LogP contribution in [-0.2, 0) is 9.53 Å². The summed E-state index contributed by atoms with van der Waals surface area (Å²) in [5.74, 6) is -0.258. The van der Waals surface area contributed by atoms with Gasteiger partial charge in [0.2, 0.25) is 0 Å². The Balaban J connectivity index is 2.73. The second kappa shape index (κ2) is 5.64. The van der Waals surface area contributed by atoms with E-state index in [1.807, 2.05) is 6.92 Å². The molecule has 1 saturated carbocycles. The molecule has 1 aliphatic carbocycles. The van der Waals surface area contributed by atoms with E-state index in [9.17, 15) is 10.1 Å². The minimum Gasteiger partial charge on any atom is -0.462 e. The van der Waals surface area contributed by atoms with Crippen molar-refractivity contribution in [1.29, 1.82) is 5.26 Å². The molecule has 1 fully saturated rings. The number of nitriles is 1. The Hall–Kier alpha value is -1.37. The Morgan fingerprint density at radius 3 is 3.00 bits per heavy atom. The highest BCUT2D eigenvalue weighted by molar-refractivity contribution is 6.23. The van der Waals surface area contributed by atoms with Crippen molar-refractivity contribution in [2.45, 2.75) is 45.1 Å². The molecule has 0 bridgehead atoms. The summed E-state index contributed by atoms with van der Waals surface area (Å²) in [7, 11) is 0. The molecule has 0 radical (unpaired) electrons. The van der Waals surface area contributed by atoms with E-state index in [2.05, 4.69) is 11.1 Å². The standard InChI is InChI=1S/C12H18N2O2/c1-3-16-11(15)8-14-12(9-13)7-5-4-6-10(12)2/h8,10H,3-7H2,1-2H3. The molecule has 0 saturated heterocycles. The molecule has 16 heavy (non-hydrogen) atoms. The Bertz CT molecular complexity index is 319. The van der Waals surface area contributed by atoms with E-state index in [1.165, 1.54) is 0 Å². The topological polar surface area (TPSA) is 62.4 Å². The number of rotatable bonds is 3. The van der Waals surface area contributed by atoms with Gasteiger partial charge in [-0.05, 0) is 32.1 Å². The van der Waals surface area contributed by atoms with Crippen molar-refractivity contribution in [3.63, 3.8) is 0 Å². The third-order valence-electron chi connectivity index (χ3n) is 3.14. The van der Waals surface area contributed by atoms with Crippen LogP contribution in [0.1, 0.15) is 39.5 Å². The average Bonchev–Trinajstić information content (AvgIpc) is 2.29. The van der Waals surface area contributed by atoms with Gasteiger partial charge in [0.15, 0.2) is 0 Å². The molecular weight excluding hydrogens is 204 g/mol. The SMILES string of the molecule is CCOC(=O)C=NC1(C#N)CCCCC1C. The molecule has 1 aliphatic rings. The summed E-state index contributed by atoms with van der Waals surface area (Å²) in [5.41, 5.74) is -0.717. The zero-order valence-electron chi connectivity index (χ0n) is 9.90. The van der Waals surface area contributed by atoms with E-state index in [4.69, 9.17) is 4.74 Å². The van der Waals surface area contributed by atoms with Crippen molar-refractivity contribution in [2.75, 3.05) is 6.61 Å². The third kappa shape index (κ3) is 2.82. The average molecular weight is 222 g/mol. The lowest BCUT2D eigenvalue weighted by Crippen LogP contribution is -2.36. The van der Waals surface area contributed by atoms with Gasteiger partial charge < -0.3 is 4.74 Å². The molecule has 0 amide bonds. The number of esters is 1. The van der Waals surface area contributed by atoms with E-state index >= 15 is 0 Å². The minimum absolute atomic E-state index is 0.205. The molecule has 0 spiro atoms. The van der Waals surface area contributed by atoms with Gasteiger partial charge in [0.25, 0.3) is 0 Å². The van der Waals surface area contributed by atoms with Crippen molar-refractivity contribution in [2.24, 2.45) is 10.9 Å². The van der Waals surface area contributed by atoms with Crippen LogP contribution in [0.2, 0.25) is 0 Å². The lowest BCUT2D eigenvalue weighted by atomic mass is 9.75. The first-order chi connectivity index (χ1) is 7.64. The summed E-state index contributed by atoms with van der Waals surface area (Å²) < 4.78 is 4.76. The van der Waals surface area contributed by atoms with Gasteiger partial charge in [-0.25, -0.2) is 4.79 Å². The van der Waals surface area contributed by atoms with Crippen LogP contribution in [0.25, 0.3) is 0 Å². The highest BCUT2D eigenvalue weighted by Crippen LogP contribution is 2.36. The first kappa shape index (κ1) is 12.7. The van der Waals surface area contributed by atoms with Gasteiger partial charge in [-0.3, -0.25) is 4.99 Å².